The Morgan fingerprint density at radius 2 is 1.92 bits per heavy atom. The Morgan fingerprint density at radius 1 is 1.46 bits per heavy atom. The second-order valence-electron chi connectivity index (χ2n) is 4.42. The van der Waals surface area contributed by atoms with Crippen molar-refractivity contribution >= 4 is 20.5 Å². The van der Waals surface area contributed by atoms with Gasteiger partial charge in [0.1, 0.15) is 6.21 Å². The molecule has 76 valence electrons. The van der Waals surface area contributed by atoms with Crippen LogP contribution in [0, 0.1) is 0 Å². The highest BCUT2D eigenvalue weighted by atomic mass is 28.4. The van der Waals surface area contributed by atoms with Gasteiger partial charge >= 0.3 is 5.97 Å². The van der Waals surface area contributed by atoms with E-state index < -0.39 is 14.3 Å². The molecule has 0 unspecified atom stereocenters. The van der Waals surface area contributed by atoms with Crippen molar-refractivity contribution in [2.24, 2.45) is 5.16 Å². The van der Waals surface area contributed by atoms with E-state index in [-0.39, 0.29) is 5.04 Å². The third kappa shape index (κ3) is 4.07. The Bertz CT molecular complexity index is 218. The Morgan fingerprint density at radius 3 is 2.23 bits per heavy atom. The molecule has 4 nitrogen and oxygen atoms in total. The van der Waals surface area contributed by atoms with Gasteiger partial charge in [-0.1, -0.05) is 20.8 Å². The topological polar surface area (TPSA) is 58.9 Å². The minimum Gasteiger partial charge on any atom is -0.477 e. The molecule has 0 rings (SSSR count). The highest BCUT2D eigenvalue weighted by Crippen LogP contribution is 2.36. The van der Waals surface area contributed by atoms with E-state index >= 15 is 0 Å². The number of oxime groups is 1. The summed E-state index contributed by atoms with van der Waals surface area (Å²) in [5, 5.41) is 11.8. The molecule has 0 saturated heterocycles. The minimum absolute atomic E-state index is 0.0445. The van der Waals surface area contributed by atoms with Gasteiger partial charge < -0.3 is 9.63 Å². The number of rotatable bonds is 3. The third-order valence-electron chi connectivity index (χ3n) is 2.25. The number of nitrogens with zero attached hydrogens (tertiary/aromatic N) is 1. The molecule has 0 aromatic carbocycles. The third-order valence-corrected chi connectivity index (χ3v) is 6.42. The lowest BCUT2D eigenvalue weighted by atomic mass is 10.2. The number of aliphatic carboxylic acids is 1. The van der Waals surface area contributed by atoms with Crippen molar-refractivity contribution in [1.82, 2.24) is 0 Å². The van der Waals surface area contributed by atoms with Crippen LogP contribution in [-0.2, 0) is 9.32 Å². The van der Waals surface area contributed by atoms with Gasteiger partial charge in [0.05, 0.1) is 0 Å². The predicted octanol–water partition coefficient (Wildman–Crippen LogP) is 2.08. The first-order valence-corrected chi connectivity index (χ1v) is 7.02. The number of hydrogen-bond acceptors (Lipinski definition) is 3. The maximum absolute atomic E-state index is 10.1. The highest BCUT2D eigenvalue weighted by molar-refractivity contribution is 6.74. The maximum atomic E-state index is 10.1. The van der Waals surface area contributed by atoms with E-state index in [4.69, 9.17) is 9.63 Å². The molecule has 0 aromatic rings. The molecule has 1 N–H and O–H groups in total. The standard InChI is InChI=1S/C8H17NO3Si/c1-8(2,3)13(4,5)12-9-6-7(10)11/h6H,1-5H3,(H,10,11). The first-order chi connectivity index (χ1) is 5.67. The molecule has 0 fully saturated rings. The number of carboxylic acid groups (broad SMARTS) is 1. The molecule has 0 atom stereocenters. The summed E-state index contributed by atoms with van der Waals surface area (Å²) in [5.74, 6) is -1.08. The van der Waals surface area contributed by atoms with Crippen LogP contribution in [0.15, 0.2) is 5.16 Å². The van der Waals surface area contributed by atoms with Gasteiger partial charge in [-0.2, -0.15) is 0 Å². The van der Waals surface area contributed by atoms with Crippen LogP contribution in [0.2, 0.25) is 18.1 Å². The Labute approximate surface area is 79.7 Å². The van der Waals surface area contributed by atoms with E-state index in [0.29, 0.717) is 0 Å². The van der Waals surface area contributed by atoms with Gasteiger partial charge in [-0.05, 0) is 18.1 Å². The van der Waals surface area contributed by atoms with E-state index in [2.05, 4.69) is 25.9 Å². The minimum atomic E-state index is -1.93. The molecule has 0 aliphatic heterocycles. The molecule has 0 spiro atoms. The number of carbonyl (C=O) groups is 1. The molecular formula is C8H17NO3Si. The quantitative estimate of drug-likeness (QED) is 0.434. The lowest BCUT2D eigenvalue weighted by Gasteiger charge is -2.32. The average molecular weight is 203 g/mol. The summed E-state index contributed by atoms with van der Waals surface area (Å²) in [6.07, 6.45) is 0.778. The van der Waals surface area contributed by atoms with Gasteiger partial charge in [0.25, 0.3) is 8.32 Å². The highest BCUT2D eigenvalue weighted by Gasteiger charge is 2.39. The molecule has 0 saturated carbocycles. The van der Waals surface area contributed by atoms with Crippen molar-refractivity contribution in [2.75, 3.05) is 0 Å². The molecule has 5 heteroatoms. The van der Waals surface area contributed by atoms with Gasteiger partial charge in [0.2, 0.25) is 0 Å². The van der Waals surface area contributed by atoms with E-state index in [0.717, 1.165) is 6.21 Å². The fourth-order valence-corrected chi connectivity index (χ4v) is 0.930. The van der Waals surface area contributed by atoms with Crippen LogP contribution in [0.3, 0.4) is 0 Å². The monoisotopic (exact) mass is 203 g/mol. The average Bonchev–Trinajstić information content (AvgIpc) is 1.82. The first kappa shape index (κ1) is 12.2. The lowest BCUT2D eigenvalue weighted by Crippen LogP contribution is -2.39. The SMILES string of the molecule is CC(C)(C)[Si](C)(C)ON=CC(=O)O. The summed E-state index contributed by atoms with van der Waals surface area (Å²) in [5.41, 5.74) is 0. The van der Waals surface area contributed by atoms with Crippen LogP contribution in [0.1, 0.15) is 20.8 Å². The Balaban J connectivity index is 4.27. The van der Waals surface area contributed by atoms with E-state index in [1.54, 1.807) is 0 Å². The molecule has 0 radical (unpaired) electrons. The summed E-state index contributed by atoms with van der Waals surface area (Å²) in [4.78, 5) is 10.1. The summed E-state index contributed by atoms with van der Waals surface area (Å²) in [6.45, 7) is 10.2. The van der Waals surface area contributed by atoms with Crippen molar-refractivity contribution in [3.8, 4) is 0 Å². The zero-order chi connectivity index (χ0) is 10.7. The van der Waals surface area contributed by atoms with E-state index in [1.807, 2.05) is 13.1 Å². The molecule has 0 amide bonds. The summed E-state index contributed by atoms with van der Waals surface area (Å²) < 4.78 is 5.23. The van der Waals surface area contributed by atoms with Crippen molar-refractivity contribution in [1.29, 1.82) is 0 Å². The molecule has 0 aromatic heterocycles. The summed E-state index contributed by atoms with van der Waals surface area (Å²) in [7, 11) is -1.93. The molecule has 0 aliphatic carbocycles. The zero-order valence-corrected chi connectivity index (χ0v) is 9.79. The molecule has 0 heterocycles. The second-order valence-corrected chi connectivity index (χ2v) is 9.13. The maximum Gasteiger partial charge on any atom is 0.350 e. The normalized spacial score (nSPS) is 13.3. The summed E-state index contributed by atoms with van der Waals surface area (Å²) >= 11 is 0. The molecule has 0 bridgehead atoms. The van der Waals surface area contributed by atoms with Crippen LogP contribution in [0.4, 0.5) is 0 Å². The van der Waals surface area contributed by atoms with Gasteiger partial charge in [-0.15, -0.1) is 5.16 Å². The van der Waals surface area contributed by atoms with Crippen molar-refractivity contribution in [3.05, 3.63) is 0 Å². The molecule has 13 heavy (non-hydrogen) atoms. The zero-order valence-electron chi connectivity index (χ0n) is 8.79. The van der Waals surface area contributed by atoms with Crippen LogP contribution in [-0.4, -0.2) is 25.6 Å². The van der Waals surface area contributed by atoms with Crippen molar-refractivity contribution in [2.45, 2.75) is 38.9 Å². The first-order valence-electron chi connectivity index (χ1n) is 4.11. The Hall–Kier alpha value is -0.843. The smallest absolute Gasteiger partial charge is 0.350 e. The van der Waals surface area contributed by atoms with Gasteiger partial charge in [-0.3, -0.25) is 0 Å². The van der Waals surface area contributed by atoms with Crippen molar-refractivity contribution in [3.63, 3.8) is 0 Å². The van der Waals surface area contributed by atoms with Crippen LogP contribution in [0.5, 0.6) is 0 Å². The van der Waals surface area contributed by atoms with Gasteiger partial charge in [0.15, 0.2) is 0 Å². The van der Waals surface area contributed by atoms with Crippen LogP contribution < -0.4 is 0 Å². The van der Waals surface area contributed by atoms with E-state index in [9.17, 15) is 4.79 Å². The lowest BCUT2D eigenvalue weighted by molar-refractivity contribution is -0.128. The largest absolute Gasteiger partial charge is 0.477 e. The number of hydrogen-bond donors (Lipinski definition) is 1. The Kier molecular flexibility index (Phi) is 3.66. The molecular weight excluding hydrogens is 186 g/mol. The second kappa shape index (κ2) is 3.91. The van der Waals surface area contributed by atoms with Crippen LogP contribution in [0.25, 0.3) is 0 Å². The predicted molar refractivity (Wildman–Crippen MR) is 54.4 cm³/mol. The van der Waals surface area contributed by atoms with Gasteiger partial charge in [-0.25, -0.2) is 4.79 Å². The fraction of sp³-hybridized carbons (Fsp3) is 0.750. The van der Waals surface area contributed by atoms with E-state index in [1.165, 1.54) is 0 Å². The van der Waals surface area contributed by atoms with Crippen molar-refractivity contribution < 1.29 is 14.4 Å². The summed E-state index contributed by atoms with van der Waals surface area (Å²) in [6, 6.07) is 0. The fourth-order valence-electron chi connectivity index (χ4n) is 0.340. The van der Waals surface area contributed by atoms with Gasteiger partial charge in [0, 0.05) is 0 Å². The van der Waals surface area contributed by atoms with Crippen LogP contribution >= 0.6 is 0 Å². The number of carboxylic acids is 1. The molecule has 0 aliphatic rings.